The van der Waals surface area contributed by atoms with E-state index in [1.165, 1.54) is 0 Å². The molecule has 2 heterocycles. The minimum absolute atomic E-state index is 0.0859. The van der Waals surface area contributed by atoms with E-state index in [0.29, 0.717) is 4.68 Å². The van der Waals surface area contributed by atoms with Crippen LogP contribution >= 0.6 is 0 Å². The lowest BCUT2D eigenvalue weighted by Gasteiger charge is -1.96. The highest BCUT2D eigenvalue weighted by molar-refractivity contribution is 5.96. The molecule has 0 aliphatic heterocycles. The third-order valence-corrected chi connectivity index (χ3v) is 1.76. The van der Waals surface area contributed by atoms with Gasteiger partial charge in [0.05, 0.1) is 0 Å². The number of carbonyl (C=O) groups is 1. The summed E-state index contributed by atoms with van der Waals surface area (Å²) in [6.07, 6.45) is 1.04. The molecule has 0 atom stereocenters. The second-order valence-electron chi connectivity index (χ2n) is 2.64. The Labute approximate surface area is 81.1 Å². The van der Waals surface area contributed by atoms with Gasteiger partial charge in [-0.3, -0.25) is 4.79 Å². The van der Waals surface area contributed by atoms with Gasteiger partial charge in [-0.25, -0.2) is 18.6 Å². The number of primary amides is 1. The lowest BCUT2D eigenvalue weighted by molar-refractivity contribution is 0.0997. The van der Waals surface area contributed by atoms with Gasteiger partial charge in [-0.2, -0.15) is 4.68 Å². The maximum Gasteiger partial charge on any atom is 0.355 e. The number of halogens is 1. The third-order valence-electron chi connectivity index (χ3n) is 1.76. The highest BCUT2D eigenvalue weighted by Gasteiger charge is 2.14. The summed E-state index contributed by atoms with van der Waals surface area (Å²) in [4.78, 5) is 25.8. The van der Waals surface area contributed by atoms with E-state index in [1.54, 1.807) is 0 Å². The van der Waals surface area contributed by atoms with E-state index in [0.717, 1.165) is 10.7 Å². The smallest absolute Gasteiger partial charge is 0.355 e. The monoisotopic (exact) mass is 212 g/mol. The van der Waals surface area contributed by atoms with E-state index < -0.39 is 18.4 Å². The Morgan fingerprint density at radius 2 is 2.33 bits per heavy atom. The number of fused-ring (bicyclic) bond motifs is 1. The number of nitrogens with zero attached hydrogens (tertiary/aromatic N) is 5. The molecule has 0 fully saturated rings. The van der Waals surface area contributed by atoms with Crippen LogP contribution in [-0.4, -0.2) is 30.3 Å². The fourth-order valence-corrected chi connectivity index (χ4v) is 1.09. The molecule has 0 unspecified atom stereocenters. The van der Waals surface area contributed by atoms with E-state index in [-0.39, 0.29) is 11.3 Å². The van der Waals surface area contributed by atoms with Gasteiger partial charge in [-0.15, -0.1) is 5.10 Å². The molecule has 8 nitrogen and oxygen atoms in total. The van der Waals surface area contributed by atoms with Gasteiger partial charge in [-0.05, 0) is 0 Å². The SMILES string of the molecule is NC(=O)c1ncn2c(=O)n(CF)nnc12. The molecule has 0 aliphatic carbocycles. The van der Waals surface area contributed by atoms with Crippen LogP contribution in [-0.2, 0) is 6.80 Å². The van der Waals surface area contributed by atoms with Crippen molar-refractivity contribution in [3.63, 3.8) is 0 Å². The maximum atomic E-state index is 12.2. The summed E-state index contributed by atoms with van der Waals surface area (Å²) in [6, 6.07) is 0. The highest BCUT2D eigenvalue weighted by atomic mass is 19.1. The molecule has 0 saturated heterocycles. The van der Waals surface area contributed by atoms with Crippen LogP contribution in [0.25, 0.3) is 5.65 Å². The molecule has 0 bridgehead atoms. The van der Waals surface area contributed by atoms with Crippen molar-refractivity contribution in [3.05, 3.63) is 22.5 Å². The van der Waals surface area contributed by atoms with Gasteiger partial charge in [0.25, 0.3) is 5.91 Å². The fourth-order valence-electron chi connectivity index (χ4n) is 1.09. The first-order chi connectivity index (χ1) is 7.15. The van der Waals surface area contributed by atoms with Crippen molar-refractivity contribution in [2.24, 2.45) is 5.73 Å². The van der Waals surface area contributed by atoms with Crippen LogP contribution in [0.1, 0.15) is 10.5 Å². The zero-order valence-corrected chi connectivity index (χ0v) is 7.29. The second-order valence-corrected chi connectivity index (χ2v) is 2.64. The summed E-state index contributed by atoms with van der Waals surface area (Å²) in [5.74, 6) is -0.829. The minimum atomic E-state index is -1.11. The third kappa shape index (κ3) is 1.24. The van der Waals surface area contributed by atoms with E-state index in [9.17, 15) is 14.0 Å². The quantitative estimate of drug-likeness (QED) is 0.639. The first-order valence-electron chi connectivity index (χ1n) is 3.81. The van der Waals surface area contributed by atoms with Crippen molar-refractivity contribution in [1.82, 2.24) is 24.4 Å². The molecule has 2 aromatic rings. The molecule has 15 heavy (non-hydrogen) atoms. The average Bonchev–Trinajstić information content (AvgIpc) is 2.62. The number of nitrogens with two attached hydrogens (primary N) is 1. The van der Waals surface area contributed by atoms with Crippen molar-refractivity contribution in [3.8, 4) is 0 Å². The highest BCUT2D eigenvalue weighted by Crippen LogP contribution is 2.00. The molecular weight excluding hydrogens is 207 g/mol. The zero-order valence-electron chi connectivity index (χ0n) is 7.29. The van der Waals surface area contributed by atoms with Crippen LogP contribution in [0.4, 0.5) is 4.39 Å². The minimum Gasteiger partial charge on any atom is -0.364 e. The van der Waals surface area contributed by atoms with Crippen LogP contribution in [0.15, 0.2) is 11.1 Å². The average molecular weight is 212 g/mol. The second kappa shape index (κ2) is 3.12. The number of alkyl halides is 1. The summed E-state index contributed by atoms with van der Waals surface area (Å²) < 4.78 is 13.6. The predicted octanol–water partition coefficient (Wildman–Crippen LogP) is -1.69. The lowest BCUT2D eigenvalue weighted by Crippen LogP contribution is -2.29. The fraction of sp³-hybridized carbons (Fsp3) is 0.167. The normalized spacial score (nSPS) is 10.7. The number of rotatable bonds is 2. The van der Waals surface area contributed by atoms with Crippen molar-refractivity contribution >= 4 is 11.6 Å². The number of hydrogen-bond donors (Lipinski definition) is 1. The van der Waals surface area contributed by atoms with Crippen LogP contribution in [0.5, 0.6) is 0 Å². The summed E-state index contributed by atoms with van der Waals surface area (Å²) in [6.45, 7) is -1.11. The Morgan fingerprint density at radius 1 is 1.60 bits per heavy atom. The Balaban J connectivity index is 2.82. The molecule has 0 aromatic carbocycles. The molecule has 1 amide bonds. The molecule has 9 heteroatoms. The number of amides is 1. The van der Waals surface area contributed by atoms with Gasteiger partial charge >= 0.3 is 5.69 Å². The van der Waals surface area contributed by atoms with Crippen molar-refractivity contribution < 1.29 is 9.18 Å². The summed E-state index contributed by atoms with van der Waals surface area (Å²) in [5, 5.41) is 6.72. The molecule has 2 N–H and O–H groups in total. The molecule has 2 aromatic heterocycles. The molecule has 0 radical (unpaired) electrons. The van der Waals surface area contributed by atoms with Gasteiger partial charge in [0.15, 0.2) is 18.1 Å². The van der Waals surface area contributed by atoms with E-state index >= 15 is 0 Å². The zero-order chi connectivity index (χ0) is 11.0. The maximum absolute atomic E-state index is 12.2. The summed E-state index contributed by atoms with van der Waals surface area (Å²) in [7, 11) is 0. The number of aromatic nitrogens is 5. The predicted molar refractivity (Wildman–Crippen MR) is 44.7 cm³/mol. The van der Waals surface area contributed by atoms with E-state index in [1.807, 2.05) is 0 Å². The van der Waals surface area contributed by atoms with Crippen LogP contribution in [0.2, 0.25) is 0 Å². The molecule has 2 rings (SSSR count). The Morgan fingerprint density at radius 3 is 2.93 bits per heavy atom. The molecule has 78 valence electrons. The van der Waals surface area contributed by atoms with Crippen molar-refractivity contribution in [2.45, 2.75) is 6.80 Å². The van der Waals surface area contributed by atoms with Gasteiger partial charge < -0.3 is 5.73 Å². The molecular formula is C6H5FN6O2. The standard InChI is InChI=1S/C6H5FN6O2/c7-1-13-6(15)12-2-9-3(4(8)14)5(12)10-11-13/h2H,1H2,(H2,8,14). The molecule has 0 saturated carbocycles. The summed E-state index contributed by atoms with van der Waals surface area (Å²) >= 11 is 0. The number of imidazole rings is 1. The Bertz CT molecular complexity index is 587. The van der Waals surface area contributed by atoms with Gasteiger partial charge in [0, 0.05) is 0 Å². The largest absolute Gasteiger partial charge is 0.364 e. The van der Waals surface area contributed by atoms with E-state index in [4.69, 9.17) is 5.73 Å². The van der Waals surface area contributed by atoms with Crippen LogP contribution in [0.3, 0.4) is 0 Å². The van der Waals surface area contributed by atoms with Gasteiger partial charge in [-0.1, -0.05) is 5.21 Å². The van der Waals surface area contributed by atoms with Crippen molar-refractivity contribution in [2.75, 3.05) is 0 Å². The summed E-state index contributed by atoms with van der Waals surface area (Å²) in [5.41, 5.74) is 3.94. The van der Waals surface area contributed by atoms with Gasteiger partial charge in [0.1, 0.15) is 6.33 Å². The van der Waals surface area contributed by atoms with Gasteiger partial charge in [0.2, 0.25) is 0 Å². The number of hydrogen-bond acceptors (Lipinski definition) is 5. The van der Waals surface area contributed by atoms with E-state index in [2.05, 4.69) is 15.3 Å². The van der Waals surface area contributed by atoms with Crippen LogP contribution < -0.4 is 11.4 Å². The first kappa shape index (κ1) is 9.24. The Hall–Kier alpha value is -2.32. The topological polar surface area (TPSA) is 108 Å². The first-order valence-corrected chi connectivity index (χ1v) is 3.81. The number of carbonyl (C=O) groups excluding carboxylic acids is 1. The molecule has 0 spiro atoms. The lowest BCUT2D eigenvalue weighted by atomic mass is 10.4. The molecule has 0 aliphatic rings. The Kier molecular flexibility index (Phi) is 1.92. The van der Waals surface area contributed by atoms with Crippen LogP contribution in [0, 0.1) is 0 Å². The van der Waals surface area contributed by atoms with Crippen molar-refractivity contribution in [1.29, 1.82) is 0 Å².